The molecule has 28 heavy (non-hydrogen) atoms. The second-order valence-electron chi connectivity index (χ2n) is 5.78. The maximum Gasteiger partial charge on any atom is 0.338 e. The molecule has 0 radical (unpaired) electrons. The number of esters is 1. The van der Waals surface area contributed by atoms with Crippen LogP contribution in [0.1, 0.15) is 15.9 Å². The minimum absolute atomic E-state index is 0.0277. The highest BCUT2D eigenvalue weighted by atomic mass is 32.2. The minimum Gasteiger partial charge on any atom is -0.454 e. The zero-order valence-electron chi connectivity index (χ0n) is 14.9. The van der Waals surface area contributed by atoms with Crippen LogP contribution in [0.5, 0.6) is 11.5 Å². The van der Waals surface area contributed by atoms with Crippen LogP contribution in [0.3, 0.4) is 0 Å². The Balaban J connectivity index is 1.52. The van der Waals surface area contributed by atoms with E-state index in [0.29, 0.717) is 11.5 Å². The number of benzene rings is 2. The monoisotopic (exact) mass is 406 g/mol. The molecule has 1 heterocycles. The number of sulfonamides is 1. The number of rotatable bonds is 7. The molecule has 0 unspecified atom stereocenters. The Morgan fingerprint density at radius 3 is 2.68 bits per heavy atom. The smallest absolute Gasteiger partial charge is 0.338 e. The molecule has 10 heteroatoms. The van der Waals surface area contributed by atoms with Crippen LogP contribution in [0.25, 0.3) is 0 Å². The van der Waals surface area contributed by atoms with Crippen molar-refractivity contribution in [2.75, 3.05) is 20.4 Å². The first-order valence-electron chi connectivity index (χ1n) is 8.25. The molecular formula is C18H18N2O7S. The van der Waals surface area contributed by atoms with Crippen molar-refractivity contribution < 1.29 is 32.2 Å². The Labute approximate surface area is 161 Å². The van der Waals surface area contributed by atoms with Gasteiger partial charge < -0.3 is 19.5 Å². The number of hydrogen-bond donors (Lipinski definition) is 2. The SMILES string of the molecule is CNS(=O)(=O)c1cccc(C(=O)OCC(=O)NCc2ccc3c(c2)OCO3)c1. The van der Waals surface area contributed by atoms with Gasteiger partial charge in [-0.15, -0.1) is 0 Å². The lowest BCUT2D eigenvalue weighted by atomic mass is 10.2. The van der Waals surface area contributed by atoms with Gasteiger partial charge in [0, 0.05) is 6.54 Å². The van der Waals surface area contributed by atoms with Crippen LogP contribution in [0.15, 0.2) is 47.4 Å². The van der Waals surface area contributed by atoms with Gasteiger partial charge in [-0.1, -0.05) is 12.1 Å². The summed E-state index contributed by atoms with van der Waals surface area (Å²) in [6, 6.07) is 10.6. The Morgan fingerprint density at radius 2 is 1.89 bits per heavy atom. The molecule has 0 atom stereocenters. The van der Waals surface area contributed by atoms with Crippen LogP contribution in [0.2, 0.25) is 0 Å². The summed E-state index contributed by atoms with van der Waals surface area (Å²) in [5.41, 5.74) is 0.828. The van der Waals surface area contributed by atoms with E-state index in [1.807, 2.05) is 0 Å². The van der Waals surface area contributed by atoms with E-state index < -0.39 is 28.5 Å². The van der Waals surface area contributed by atoms with Gasteiger partial charge in [-0.25, -0.2) is 17.9 Å². The summed E-state index contributed by atoms with van der Waals surface area (Å²) >= 11 is 0. The minimum atomic E-state index is -3.69. The lowest BCUT2D eigenvalue weighted by Gasteiger charge is -2.08. The van der Waals surface area contributed by atoms with Crippen molar-refractivity contribution in [3.63, 3.8) is 0 Å². The third-order valence-corrected chi connectivity index (χ3v) is 5.32. The van der Waals surface area contributed by atoms with Crippen LogP contribution in [0.4, 0.5) is 0 Å². The predicted molar refractivity (Wildman–Crippen MR) is 97.4 cm³/mol. The summed E-state index contributed by atoms with van der Waals surface area (Å²) < 4.78 is 41.2. The normalized spacial score (nSPS) is 12.5. The predicted octanol–water partition coefficient (Wildman–Crippen LogP) is 0.797. The van der Waals surface area contributed by atoms with Crippen molar-refractivity contribution >= 4 is 21.9 Å². The Hall–Kier alpha value is -3.11. The number of carbonyl (C=O) groups is 2. The van der Waals surface area contributed by atoms with E-state index in [1.54, 1.807) is 18.2 Å². The van der Waals surface area contributed by atoms with Crippen molar-refractivity contribution in [2.45, 2.75) is 11.4 Å². The number of amides is 1. The molecule has 0 aliphatic carbocycles. The molecule has 2 aromatic carbocycles. The second kappa shape index (κ2) is 8.28. The summed E-state index contributed by atoms with van der Waals surface area (Å²) in [4.78, 5) is 23.9. The summed E-state index contributed by atoms with van der Waals surface area (Å²) in [6.07, 6.45) is 0. The molecule has 148 valence electrons. The van der Waals surface area contributed by atoms with Gasteiger partial charge in [0.05, 0.1) is 10.5 Å². The zero-order chi connectivity index (χ0) is 20.1. The molecule has 1 aliphatic heterocycles. The molecule has 1 aliphatic rings. The first kappa shape index (κ1) is 19.6. The van der Waals surface area contributed by atoms with Gasteiger partial charge in [-0.3, -0.25) is 4.79 Å². The van der Waals surface area contributed by atoms with Crippen molar-refractivity contribution in [1.29, 1.82) is 0 Å². The van der Waals surface area contributed by atoms with E-state index in [2.05, 4.69) is 10.0 Å². The number of nitrogens with one attached hydrogen (secondary N) is 2. The van der Waals surface area contributed by atoms with Gasteiger partial charge in [0.2, 0.25) is 16.8 Å². The fraction of sp³-hybridized carbons (Fsp3) is 0.222. The average molecular weight is 406 g/mol. The molecule has 0 aromatic heterocycles. The standard InChI is InChI=1S/C18H18N2O7S/c1-19-28(23,24)14-4-2-3-13(8-14)18(22)25-10-17(21)20-9-12-5-6-15-16(7-12)27-11-26-15/h2-8,19H,9-11H2,1H3,(H,20,21). The Morgan fingerprint density at radius 1 is 1.11 bits per heavy atom. The quantitative estimate of drug-likeness (QED) is 0.653. The lowest BCUT2D eigenvalue weighted by molar-refractivity contribution is -0.124. The van der Waals surface area contributed by atoms with E-state index in [-0.39, 0.29) is 23.8 Å². The molecule has 9 nitrogen and oxygen atoms in total. The van der Waals surface area contributed by atoms with Gasteiger partial charge >= 0.3 is 5.97 Å². The summed E-state index contributed by atoms with van der Waals surface area (Å²) in [6.45, 7) is -0.104. The molecule has 2 N–H and O–H groups in total. The molecule has 0 spiro atoms. The highest BCUT2D eigenvalue weighted by molar-refractivity contribution is 7.89. The number of ether oxygens (including phenoxy) is 3. The van der Waals surface area contributed by atoms with Crippen LogP contribution < -0.4 is 19.5 Å². The van der Waals surface area contributed by atoms with Crippen LogP contribution >= 0.6 is 0 Å². The van der Waals surface area contributed by atoms with Crippen molar-refractivity contribution in [2.24, 2.45) is 0 Å². The maximum absolute atomic E-state index is 12.1. The zero-order valence-corrected chi connectivity index (χ0v) is 15.7. The molecular weight excluding hydrogens is 388 g/mol. The highest BCUT2D eigenvalue weighted by Gasteiger charge is 2.16. The molecule has 3 rings (SSSR count). The molecule has 0 saturated carbocycles. The number of hydrogen-bond acceptors (Lipinski definition) is 7. The van der Waals surface area contributed by atoms with Crippen molar-refractivity contribution in [3.05, 3.63) is 53.6 Å². The van der Waals surface area contributed by atoms with Gasteiger partial charge in [0.1, 0.15) is 0 Å². The summed E-state index contributed by atoms with van der Waals surface area (Å²) in [7, 11) is -2.42. The molecule has 1 amide bonds. The van der Waals surface area contributed by atoms with Crippen LogP contribution in [-0.2, 0) is 26.1 Å². The molecule has 0 fully saturated rings. The summed E-state index contributed by atoms with van der Waals surface area (Å²) in [5.74, 6) is -0.0440. The van der Waals surface area contributed by atoms with Gasteiger partial charge in [-0.2, -0.15) is 0 Å². The van der Waals surface area contributed by atoms with E-state index in [1.165, 1.54) is 31.3 Å². The van der Waals surface area contributed by atoms with E-state index >= 15 is 0 Å². The first-order chi connectivity index (χ1) is 13.4. The van der Waals surface area contributed by atoms with Gasteiger partial charge in [0.15, 0.2) is 18.1 Å². The van der Waals surface area contributed by atoms with Crippen LogP contribution in [-0.4, -0.2) is 40.7 Å². The average Bonchev–Trinajstić information content (AvgIpc) is 3.18. The Bertz CT molecular complexity index is 1000. The van der Waals surface area contributed by atoms with E-state index in [0.717, 1.165) is 5.56 Å². The molecule has 2 aromatic rings. The maximum atomic E-state index is 12.1. The summed E-state index contributed by atoms with van der Waals surface area (Å²) in [5, 5.41) is 2.62. The Kier molecular flexibility index (Phi) is 5.81. The number of fused-ring (bicyclic) bond motifs is 1. The van der Waals surface area contributed by atoms with Crippen LogP contribution in [0, 0.1) is 0 Å². The van der Waals surface area contributed by atoms with Gasteiger partial charge in [-0.05, 0) is 42.9 Å². The fourth-order valence-corrected chi connectivity index (χ4v) is 3.20. The van der Waals surface area contributed by atoms with Gasteiger partial charge in [0.25, 0.3) is 5.91 Å². The lowest BCUT2D eigenvalue weighted by Crippen LogP contribution is -2.28. The third kappa shape index (κ3) is 4.59. The largest absolute Gasteiger partial charge is 0.454 e. The fourth-order valence-electron chi connectivity index (χ4n) is 2.43. The van der Waals surface area contributed by atoms with E-state index in [9.17, 15) is 18.0 Å². The van der Waals surface area contributed by atoms with Crippen molar-refractivity contribution in [1.82, 2.24) is 10.0 Å². The first-order valence-corrected chi connectivity index (χ1v) is 9.73. The number of carbonyl (C=O) groups excluding carboxylic acids is 2. The van der Waals surface area contributed by atoms with E-state index in [4.69, 9.17) is 14.2 Å². The van der Waals surface area contributed by atoms with Crippen molar-refractivity contribution in [3.8, 4) is 11.5 Å². The topological polar surface area (TPSA) is 120 Å². The molecule has 0 bridgehead atoms. The highest BCUT2D eigenvalue weighted by Crippen LogP contribution is 2.32. The third-order valence-electron chi connectivity index (χ3n) is 3.91. The second-order valence-corrected chi connectivity index (χ2v) is 7.66. The molecule has 0 saturated heterocycles.